The van der Waals surface area contributed by atoms with Gasteiger partial charge in [-0.3, -0.25) is 0 Å². The molecule has 2 aromatic carbocycles. The summed E-state index contributed by atoms with van der Waals surface area (Å²) in [4.78, 5) is 2.54. The fourth-order valence-electron chi connectivity index (χ4n) is 4.23. The fraction of sp³-hybridized carbons (Fsp3) is 0.478. The highest BCUT2D eigenvalue weighted by molar-refractivity contribution is 5.32. The number of nitrogens with zero attached hydrogens (tertiary/aromatic N) is 1. The summed E-state index contributed by atoms with van der Waals surface area (Å²) in [6.45, 7) is 7.48. The van der Waals surface area contributed by atoms with E-state index >= 15 is 0 Å². The van der Waals surface area contributed by atoms with E-state index in [1.807, 2.05) is 18.2 Å². The second-order valence-corrected chi connectivity index (χ2v) is 7.67. The molecule has 2 heteroatoms. The summed E-state index contributed by atoms with van der Waals surface area (Å²) in [5.74, 6) is 0.194. The quantitative estimate of drug-likeness (QED) is 0.818. The van der Waals surface area contributed by atoms with Crippen LogP contribution in [0.25, 0.3) is 0 Å². The number of aliphatic hydroxyl groups is 1. The zero-order valence-corrected chi connectivity index (χ0v) is 15.6. The predicted octanol–water partition coefficient (Wildman–Crippen LogP) is 4.80. The summed E-state index contributed by atoms with van der Waals surface area (Å²) in [6.07, 6.45) is 3.87. The SMILES string of the molecule is CC(C)[C@@](O)(c1ccccc1)[C@@H](CN1CCCCC1)c1ccccc1. The zero-order chi connectivity index (χ0) is 17.7. The summed E-state index contributed by atoms with van der Waals surface area (Å²) in [7, 11) is 0. The van der Waals surface area contributed by atoms with E-state index in [9.17, 15) is 5.11 Å². The van der Waals surface area contributed by atoms with E-state index in [4.69, 9.17) is 0 Å². The van der Waals surface area contributed by atoms with Crippen molar-refractivity contribution in [1.29, 1.82) is 0 Å². The molecule has 0 saturated carbocycles. The van der Waals surface area contributed by atoms with Crippen molar-refractivity contribution >= 4 is 0 Å². The van der Waals surface area contributed by atoms with E-state index in [1.54, 1.807) is 0 Å². The molecule has 1 heterocycles. The van der Waals surface area contributed by atoms with Gasteiger partial charge in [-0.1, -0.05) is 80.9 Å². The lowest BCUT2D eigenvalue weighted by atomic mass is 9.70. The van der Waals surface area contributed by atoms with Crippen molar-refractivity contribution in [3.05, 3.63) is 71.8 Å². The standard InChI is InChI=1S/C23H31NO/c1-19(2)23(25,21-14-8-4-9-15-21)22(20-12-6-3-7-13-20)18-24-16-10-5-11-17-24/h3-4,6-9,12-15,19,22,25H,5,10-11,16-18H2,1-2H3/t22-,23+/m0/s1. The molecular weight excluding hydrogens is 306 g/mol. The van der Waals surface area contributed by atoms with E-state index < -0.39 is 5.60 Å². The Balaban J connectivity index is 2.01. The Morgan fingerprint density at radius 2 is 1.44 bits per heavy atom. The van der Waals surface area contributed by atoms with Crippen molar-refractivity contribution < 1.29 is 5.11 Å². The highest BCUT2D eigenvalue weighted by Crippen LogP contribution is 2.43. The van der Waals surface area contributed by atoms with E-state index in [1.165, 1.54) is 24.8 Å². The summed E-state index contributed by atoms with van der Waals surface area (Å²) in [5, 5.41) is 12.0. The number of piperidine rings is 1. The van der Waals surface area contributed by atoms with Gasteiger partial charge in [-0.15, -0.1) is 0 Å². The first-order valence-corrected chi connectivity index (χ1v) is 9.67. The van der Waals surface area contributed by atoms with Crippen molar-refractivity contribution in [2.45, 2.75) is 44.6 Å². The maximum atomic E-state index is 12.0. The number of rotatable bonds is 6. The van der Waals surface area contributed by atoms with Gasteiger partial charge in [0.25, 0.3) is 0 Å². The first-order valence-electron chi connectivity index (χ1n) is 9.67. The van der Waals surface area contributed by atoms with Gasteiger partial charge in [0.05, 0.1) is 5.60 Å². The van der Waals surface area contributed by atoms with E-state index in [0.29, 0.717) is 0 Å². The molecule has 1 aliphatic rings. The van der Waals surface area contributed by atoms with Crippen LogP contribution in [0.3, 0.4) is 0 Å². The molecule has 0 bridgehead atoms. The summed E-state index contributed by atoms with van der Waals surface area (Å²) in [6, 6.07) is 20.8. The third kappa shape index (κ3) is 3.96. The molecule has 1 N–H and O–H groups in total. The predicted molar refractivity (Wildman–Crippen MR) is 105 cm³/mol. The Labute approximate surface area is 152 Å². The molecule has 0 aromatic heterocycles. The van der Waals surface area contributed by atoms with Gasteiger partial charge in [0.15, 0.2) is 0 Å². The Morgan fingerprint density at radius 3 is 2.00 bits per heavy atom. The monoisotopic (exact) mass is 337 g/mol. The average Bonchev–Trinajstić information content (AvgIpc) is 2.67. The zero-order valence-electron chi connectivity index (χ0n) is 15.6. The van der Waals surface area contributed by atoms with Crippen molar-refractivity contribution in [2.75, 3.05) is 19.6 Å². The van der Waals surface area contributed by atoms with Crippen LogP contribution in [0.4, 0.5) is 0 Å². The normalized spacial score (nSPS) is 19.5. The van der Waals surface area contributed by atoms with Gasteiger partial charge in [-0.05, 0) is 43.0 Å². The largest absolute Gasteiger partial charge is 0.384 e. The molecule has 0 radical (unpaired) electrons. The van der Waals surface area contributed by atoms with Crippen LogP contribution in [0.2, 0.25) is 0 Å². The van der Waals surface area contributed by atoms with Crippen LogP contribution in [0, 0.1) is 5.92 Å². The van der Waals surface area contributed by atoms with Crippen LogP contribution in [-0.2, 0) is 5.60 Å². The molecule has 0 spiro atoms. The highest BCUT2D eigenvalue weighted by Gasteiger charge is 2.42. The fourth-order valence-corrected chi connectivity index (χ4v) is 4.23. The average molecular weight is 338 g/mol. The Morgan fingerprint density at radius 1 is 0.880 bits per heavy atom. The lowest BCUT2D eigenvalue weighted by molar-refractivity contribution is -0.0472. The van der Waals surface area contributed by atoms with Gasteiger partial charge in [-0.25, -0.2) is 0 Å². The Hall–Kier alpha value is -1.64. The second kappa shape index (κ2) is 8.16. The van der Waals surface area contributed by atoms with E-state index in [2.05, 4.69) is 61.2 Å². The van der Waals surface area contributed by atoms with Gasteiger partial charge in [0.1, 0.15) is 0 Å². The first-order chi connectivity index (χ1) is 12.1. The summed E-state index contributed by atoms with van der Waals surface area (Å²) < 4.78 is 0. The van der Waals surface area contributed by atoms with Gasteiger partial charge in [0, 0.05) is 12.5 Å². The third-order valence-corrected chi connectivity index (χ3v) is 5.74. The number of hydrogen-bond donors (Lipinski definition) is 1. The number of hydrogen-bond acceptors (Lipinski definition) is 2. The molecule has 1 aliphatic heterocycles. The lowest BCUT2D eigenvalue weighted by Crippen LogP contribution is -2.45. The van der Waals surface area contributed by atoms with Gasteiger partial charge in [-0.2, -0.15) is 0 Å². The van der Waals surface area contributed by atoms with Crippen LogP contribution < -0.4 is 0 Å². The van der Waals surface area contributed by atoms with Gasteiger partial charge in [0.2, 0.25) is 0 Å². The number of benzene rings is 2. The molecular formula is C23H31NO. The van der Waals surface area contributed by atoms with E-state index in [0.717, 1.165) is 25.2 Å². The van der Waals surface area contributed by atoms with Crippen LogP contribution in [0.15, 0.2) is 60.7 Å². The third-order valence-electron chi connectivity index (χ3n) is 5.74. The molecule has 0 unspecified atom stereocenters. The second-order valence-electron chi connectivity index (χ2n) is 7.67. The smallest absolute Gasteiger partial charge is 0.0999 e. The molecule has 2 aromatic rings. The molecule has 0 aliphatic carbocycles. The molecule has 1 saturated heterocycles. The molecule has 2 nitrogen and oxygen atoms in total. The minimum Gasteiger partial charge on any atom is -0.384 e. The van der Waals surface area contributed by atoms with Crippen LogP contribution in [0.1, 0.15) is 50.2 Å². The molecule has 1 fully saturated rings. The summed E-state index contributed by atoms with van der Waals surface area (Å²) >= 11 is 0. The van der Waals surface area contributed by atoms with Gasteiger partial charge < -0.3 is 10.0 Å². The van der Waals surface area contributed by atoms with Crippen LogP contribution in [0.5, 0.6) is 0 Å². The molecule has 25 heavy (non-hydrogen) atoms. The maximum absolute atomic E-state index is 12.0. The Bertz CT molecular complexity index is 634. The van der Waals surface area contributed by atoms with Crippen LogP contribution >= 0.6 is 0 Å². The topological polar surface area (TPSA) is 23.5 Å². The minimum atomic E-state index is -0.875. The molecule has 0 amide bonds. The molecule has 134 valence electrons. The van der Waals surface area contributed by atoms with Gasteiger partial charge >= 0.3 is 0 Å². The minimum absolute atomic E-state index is 0.0641. The summed E-state index contributed by atoms with van der Waals surface area (Å²) in [5.41, 5.74) is 1.38. The molecule has 2 atom stereocenters. The van der Waals surface area contributed by atoms with Crippen LogP contribution in [-0.4, -0.2) is 29.6 Å². The highest BCUT2D eigenvalue weighted by atomic mass is 16.3. The first kappa shape index (κ1) is 18.2. The molecule has 3 rings (SSSR count). The van der Waals surface area contributed by atoms with Crippen molar-refractivity contribution in [1.82, 2.24) is 4.90 Å². The Kier molecular flexibility index (Phi) is 5.93. The van der Waals surface area contributed by atoms with Crippen molar-refractivity contribution in [3.63, 3.8) is 0 Å². The maximum Gasteiger partial charge on any atom is 0.0999 e. The van der Waals surface area contributed by atoms with E-state index in [-0.39, 0.29) is 11.8 Å². The van der Waals surface area contributed by atoms with Crippen molar-refractivity contribution in [2.24, 2.45) is 5.92 Å². The van der Waals surface area contributed by atoms with Crippen molar-refractivity contribution in [3.8, 4) is 0 Å². The lowest BCUT2D eigenvalue weighted by Gasteiger charge is -2.43. The number of likely N-dealkylation sites (tertiary alicyclic amines) is 1.